The summed E-state index contributed by atoms with van der Waals surface area (Å²) in [6.45, 7) is 4.09. The molecule has 1 saturated heterocycles. The van der Waals surface area contributed by atoms with Crippen LogP contribution in [0.2, 0.25) is 0 Å². The molecule has 0 spiro atoms. The minimum atomic E-state index is -0.0289. The van der Waals surface area contributed by atoms with Gasteiger partial charge in [0.1, 0.15) is 5.69 Å². The minimum Gasteiger partial charge on any atom is -0.348 e. The summed E-state index contributed by atoms with van der Waals surface area (Å²) in [5.74, 6) is 0.449. The zero-order valence-corrected chi connectivity index (χ0v) is 9.73. The Labute approximate surface area is 95.2 Å². The molecule has 0 saturated carbocycles. The highest BCUT2D eigenvalue weighted by Crippen LogP contribution is 2.11. The molecule has 2 unspecified atom stereocenters. The molecule has 2 rings (SSSR count). The maximum atomic E-state index is 11.9. The van der Waals surface area contributed by atoms with E-state index in [1.807, 2.05) is 7.05 Å². The van der Waals surface area contributed by atoms with Gasteiger partial charge in [-0.25, -0.2) is 4.98 Å². The molecule has 0 radical (unpaired) electrons. The van der Waals surface area contributed by atoms with Gasteiger partial charge in [0.2, 0.25) is 0 Å². The first-order valence-electron chi connectivity index (χ1n) is 5.66. The summed E-state index contributed by atoms with van der Waals surface area (Å²) in [5, 5.41) is 6.39. The quantitative estimate of drug-likeness (QED) is 0.748. The van der Waals surface area contributed by atoms with Crippen LogP contribution >= 0.6 is 0 Å². The van der Waals surface area contributed by atoms with Crippen molar-refractivity contribution in [2.24, 2.45) is 13.0 Å². The second-order valence-corrected chi connectivity index (χ2v) is 4.44. The lowest BCUT2D eigenvalue weighted by atomic mass is 9.95. The fourth-order valence-corrected chi connectivity index (χ4v) is 2.05. The summed E-state index contributed by atoms with van der Waals surface area (Å²) < 4.78 is 1.74. The monoisotopic (exact) mass is 222 g/mol. The van der Waals surface area contributed by atoms with Gasteiger partial charge in [0.25, 0.3) is 5.91 Å². The zero-order valence-electron chi connectivity index (χ0n) is 9.73. The fourth-order valence-electron chi connectivity index (χ4n) is 2.05. The van der Waals surface area contributed by atoms with Crippen LogP contribution in [0.3, 0.4) is 0 Å². The van der Waals surface area contributed by atoms with E-state index in [0.29, 0.717) is 11.6 Å². The number of nitrogens with zero attached hydrogens (tertiary/aromatic N) is 2. The van der Waals surface area contributed by atoms with E-state index >= 15 is 0 Å². The van der Waals surface area contributed by atoms with Crippen LogP contribution in [0.25, 0.3) is 0 Å². The number of amides is 1. The van der Waals surface area contributed by atoms with Crippen molar-refractivity contribution in [2.75, 3.05) is 13.1 Å². The minimum absolute atomic E-state index is 0.0289. The van der Waals surface area contributed by atoms with Crippen LogP contribution in [-0.2, 0) is 7.05 Å². The van der Waals surface area contributed by atoms with Crippen molar-refractivity contribution in [1.82, 2.24) is 20.2 Å². The summed E-state index contributed by atoms with van der Waals surface area (Å²) in [4.78, 5) is 15.9. The first-order valence-corrected chi connectivity index (χ1v) is 5.66. The molecular weight excluding hydrogens is 204 g/mol. The lowest BCUT2D eigenvalue weighted by Gasteiger charge is -2.30. The molecule has 2 N–H and O–H groups in total. The highest BCUT2D eigenvalue weighted by atomic mass is 16.2. The summed E-state index contributed by atoms with van der Waals surface area (Å²) in [6.07, 6.45) is 4.23. The summed E-state index contributed by atoms with van der Waals surface area (Å²) in [5.41, 5.74) is 0.616. The van der Waals surface area contributed by atoms with Gasteiger partial charge in [-0.1, -0.05) is 6.92 Å². The number of hydrogen-bond donors (Lipinski definition) is 2. The number of imidazole rings is 1. The molecule has 1 aromatic rings. The van der Waals surface area contributed by atoms with E-state index in [1.165, 1.54) is 0 Å². The summed E-state index contributed by atoms with van der Waals surface area (Å²) in [7, 11) is 1.83. The number of aromatic nitrogens is 2. The molecule has 1 aliphatic rings. The predicted octanol–water partition coefficient (Wildman–Crippen LogP) is 0.148. The van der Waals surface area contributed by atoms with Gasteiger partial charge in [-0.3, -0.25) is 4.79 Å². The van der Waals surface area contributed by atoms with Crippen molar-refractivity contribution in [2.45, 2.75) is 19.4 Å². The topological polar surface area (TPSA) is 58.9 Å². The average Bonchev–Trinajstić information content (AvgIpc) is 2.68. The van der Waals surface area contributed by atoms with Crippen molar-refractivity contribution >= 4 is 5.91 Å². The van der Waals surface area contributed by atoms with Gasteiger partial charge in [0.05, 0.1) is 12.5 Å². The van der Waals surface area contributed by atoms with E-state index in [4.69, 9.17) is 0 Å². The van der Waals surface area contributed by atoms with Gasteiger partial charge < -0.3 is 15.2 Å². The van der Waals surface area contributed by atoms with Gasteiger partial charge >= 0.3 is 0 Å². The summed E-state index contributed by atoms with van der Waals surface area (Å²) >= 11 is 0. The van der Waals surface area contributed by atoms with Crippen LogP contribution in [0.4, 0.5) is 0 Å². The van der Waals surface area contributed by atoms with Crippen molar-refractivity contribution < 1.29 is 4.79 Å². The van der Waals surface area contributed by atoms with Gasteiger partial charge in [0, 0.05) is 13.1 Å². The van der Waals surface area contributed by atoms with E-state index in [9.17, 15) is 4.79 Å². The third-order valence-electron chi connectivity index (χ3n) is 3.15. The van der Waals surface area contributed by atoms with Gasteiger partial charge in [-0.05, 0) is 25.4 Å². The van der Waals surface area contributed by atoms with Crippen molar-refractivity contribution in [3.63, 3.8) is 0 Å². The van der Waals surface area contributed by atoms with Crippen molar-refractivity contribution in [3.05, 3.63) is 18.2 Å². The van der Waals surface area contributed by atoms with Crippen LogP contribution in [-0.4, -0.2) is 34.6 Å². The number of rotatable bonds is 2. The molecule has 0 aromatic carbocycles. The van der Waals surface area contributed by atoms with E-state index in [-0.39, 0.29) is 11.9 Å². The Morgan fingerprint density at radius 2 is 2.50 bits per heavy atom. The molecule has 5 nitrogen and oxygen atoms in total. The normalized spacial score (nSPS) is 25.4. The Balaban J connectivity index is 1.99. The first-order chi connectivity index (χ1) is 7.68. The average molecular weight is 222 g/mol. The highest BCUT2D eigenvalue weighted by Gasteiger charge is 2.23. The summed E-state index contributed by atoms with van der Waals surface area (Å²) in [6, 6.07) is 0.267. The number of nitrogens with one attached hydrogen (secondary N) is 2. The van der Waals surface area contributed by atoms with E-state index < -0.39 is 0 Å². The molecule has 1 amide bonds. The molecule has 1 aromatic heterocycles. The standard InChI is InChI=1S/C11H18N4O/c1-8-5-12-4-3-9(8)14-11(16)10-6-13-7-15(10)2/h6-9,12H,3-5H2,1-2H3,(H,14,16). The SMILES string of the molecule is CC1CNCCC1NC(=O)c1cncn1C. The Kier molecular flexibility index (Phi) is 3.24. The largest absolute Gasteiger partial charge is 0.348 e. The number of carbonyl (C=O) groups is 1. The molecule has 1 fully saturated rings. The van der Waals surface area contributed by atoms with E-state index in [2.05, 4.69) is 22.5 Å². The van der Waals surface area contributed by atoms with Crippen LogP contribution in [0.15, 0.2) is 12.5 Å². The molecule has 2 heterocycles. The molecule has 1 aliphatic heterocycles. The predicted molar refractivity (Wildman–Crippen MR) is 61.1 cm³/mol. The van der Waals surface area contributed by atoms with Gasteiger partial charge in [-0.15, -0.1) is 0 Å². The van der Waals surface area contributed by atoms with Gasteiger partial charge in [-0.2, -0.15) is 0 Å². The number of piperidine rings is 1. The van der Waals surface area contributed by atoms with Crippen LogP contribution in [0, 0.1) is 5.92 Å². The highest BCUT2D eigenvalue weighted by molar-refractivity contribution is 5.92. The third-order valence-corrected chi connectivity index (χ3v) is 3.15. The first kappa shape index (κ1) is 11.1. The zero-order chi connectivity index (χ0) is 11.5. The van der Waals surface area contributed by atoms with Crippen molar-refractivity contribution in [3.8, 4) is 0 Å². The lowest BCUT2D eigenvalue weighted by molar-refractivity contribution is 0.0906. The fraction of sp³-hybridized carbons (Fsp3) is 0.636. The van der Waals surface area contributed by atoms with E-state index in [0.717, 1.165) is 19.5 Å². The molecule has 0 bridgehead atoms. The Morgan fingerprint density at radius 3 is 3.12 bits per heavy atom. The number of carbonyl (C=O) groups excluding carboxylic acids is 1. The number of hydrogen-bond acceptors (Lipinski definition) is 3. The van der Waals surface area contributed by atoms with Gasteiger partial charge in [0.15, 0.2) is 0 Å². The molecule has 2 atom stereocenters. The lowest BCUT2D eigenvalue weighted by Crippen LogP contribution is -2.48. The smallest absolute Gasteiger partial charge is 0.269 e. The molecule has 0 aliphatic carbocycles. The van der Waals surface area contributed by atoms with Crippen LogP contribution < -0.4 is 10.6 Å². The molecule has 16 heavy (non-hydrogen) atoms. The molecule has 88 valence electrons. The second kappa shape index (κ2) is 4.65. The maximum absolute atomic E-state index is 11.9. The van der Waals surface area contributed by atoms with Crippen LogP contribution in [0.1, 0.15) is 23.8 Å². The Bertz CT molecular complexity index is 374. The molecular formula is C11H18N4O. The maximum Gasteiger partial charge on any atom is 0.269 e. The van der Waals surface area contributed by atoms with Crippen molar-refractivity contribution in [1.29, 1.82) is 0 Å². The Hall–Kier alpha value is -1.36. The van der Waals surface area contributed by atoms with Crippen LogP contribution in [0.5, 0.6) is 0 Å². The molecule has 5 heteroatoms. The Morgan fingerprint density at radius 1 is 1.69 bits per heavy atom. The van der Waals surface area contributed by atoms with E-state index in [1.54, 1.807) is 17.1 Å². The number of aryl methyl sites for hydroxylation is 1. The second-order valence-electron chi connectivity index (χ2n) is 4.44. The third kappa shape index (κ3) is 2.24.